The number of carbonyl (C=O) groups is 1. The van der Waals surface area contributed by atoms with Crippen molar-refractivity contribution in [3.63, 3.8) is 0 Å². The highest BCUT2D eigenvalue weighted by atomic mass is 79.9. The predicted molar refractivity (Wildman–Crippen MR) is 79.2 cm³/mol. The number of aromatic nitrogens is 2. The lowest BCUT2D eigenvalue weighted by Gasteiger charge is -2.06. The molecule has 2 aromatic rings. The van der Waals surface area contributed by atoms with E-state index in [9.17, 15) is 13.6 Å². The van der Waals surface area contributed by atoms with Gasteiger partial charge < -0.3 is 0 Å². The molecule has 0 N–H and O–H groups in total. The van der Waals surface area contributed by atoms with E-state index in [0.717, 1.165) is 23.0 Å². The summed E-state index contributed by atoms with van der Waals surface area (Å²) in [6.07, 6.45) is -0.151. The second-order valence-corrected chi connectivity index (χ2v) is 5.84. The van der Waals surface area contributed by atoms with Crippen LogP contribution in [0, 0.1) is 25.5 Å². The molecule has 0 saturated heterocycles. The van der Waals surface area contributed by atoms with E-state index in [0.29, 0.717) is 0 Å². The maximum Gasteiger partial charge on any atom is 0.143 e. The van der Waals surface area contributed by atoms with Gasteiger partial charge in [0.2, 0.25) is 0 Å². The van der Waals surface area contributed by atoms with E-state index in [1.165, 1.54) is 6.07 Å². The van der Waals surface area contributed by atoms with Crippen LogP contribution in [0.25, 0.3) is 0 Å². The molecule has 1 heterocycles. The van der Waals surface area contributed by atoms with Crippen molar-refractivity contribution in [1.29, 1.82) is 0 Å². The minimum atomic E-state index is -0.719. The standard InChI is InChI=1S/C15H15BrF2N2O/c1-8-11(9(2)20(3)19-8)6-10(21)7-12-14(17)5-4-13(16)15(12)18/h4-5H,6-7H2,1-3H3. The summed E-state index contributed by atoms with van der Waals surface area (Å²) in [7, 11) is 1.80. The highest BCUT2D eigenvalue weighted by molar-refractivity contribution is 9.10. The van der Waals surface area contributed by atoms with Crippen molar-refractivity contribution in [2.24, 2.45) is 7.05 Å². The van der Waals surface area contributed by atoms with Gasteiger partial charge in [-0.3, -0.25) is 9.48 Å². The molecule has 0 aliphatic carbocycles. The predicted octanol–water partition coefficient (Wildman–Crippen LogP) is 3.43. The maximum absolute atomic E-state index is 13.9. The number of benzene rings is 1. The summed E-state index contributed by atoms with van der Waals surface area (Å²) in [5.41, 5.74) is 2.27. The van der Waals surface area contributed by atoms with Gasteiger partial charge in [-0.1, -0.05) is 0 Å². The Bertz CT molecular complexity index is 710. The van der Waals surface area contributed by atoms with Crippen molar-refractivity contribution in [2.75, 3.05) is 0 Å². The van der Waals surface area contributed by atoms with Crippen LogP contribution in [0.15, 0.2) is 16.6 Å². The van der Waals surface area contributed by atoms with Crippen LogP contribution in [0.1, 0.15) is 22.5 Å². The average Bonchev–Trinajstić information content (AvgIpc) is 2.66. The van der Waals surface area contributed by atoms with Gasteiger partial charge >= 0.3 is 0 Å². The van der Waals surface area contributed by atoms with Gasteiger partial charge in [0.05, 0.1) is 10.2 Å². The maximum atomic E-state index is 13.9. The molecular formula is C15H15BrF2N2O. The molecule has 0 aliphatic rings. The normalized spacial score (nSPS) is 11.0. The third-order valence-corrected chi connectivity index (χ3v) is 4.16. The van der Waals surface area contributed by atoms with Crippen LogP contribution in [-0.4, -0.2) is 15.6 Å². The zero-order valence-corrected chi connectivity index (χ0v) is 13.6. The fraction of sp³-hybridized carbons (Fsp3) is 0.333. The molecule has 0 bridgehead atoms. The summed E-state index contributed by atoms with van der Waals surface area (Å²) in [6, 6.07) is 2.43. The van der Waals surface area contributed by atoms with E-state index >= 15 is 0 Å². The van der Waals surface area contributed by atoms with Crippen molar-refractivity contribution >= 4 is 21.7 Å². The van der Waals surface area contributed by atoms with Gasteiger partial charge in [-0.15, -0.1) is 0 Å². The summed E-state index contributed by atoms with van der Waals surface area (Å²) in [6.45, 7) is 3.68. The number of aryl methyl sites for hydroxylation is 2. The summed E-state index contributed by atoms with van der Waals surface area (Å²) < 4.78 is 29.4. The third kappa shape index (κ3) is 3.20. The minimum absolute atomic E-state index is 0.122. The molecule has 1 aromatic heterocycles. The number of hydrogen-bond donors (Lipinski definition) is 0. The Labute approximate surface area is 130 Å². The van der Waals surface area contributed by atoms with Crippen LogP contribution in [0.5, 0.6) is 0 Å². The molecule has 6 heteroatoms. The zero-order chi connectivity index (χ0) is 15.7. The van der Waals surface area contributed by atoms with Gasteiger partial charge in [-0.05, 0) is 41.9 Å². The number of nitrogens with zero attached hydrogens (tertiary/aromatic N) is 2. The van der Waals surface area contributed by atoms with E-state index in [1.54, 1.807) is 11.7 Å². The van der Waals surface area contributed by atoms with E-state index in [-0.39, 0.29) is 28.7 Å². The molecule has 0 fully saturated rings. The van der Waals surface area contributed by atoms with Gasteiger partial charge in [0.1, 0.15) is 17.4 Å². The molecule has 21 heavy (non-hydrogen) atoms. The molecule has 0 atom stereocenters. The quantitative estimate of drug-likeness (QED) is 0.786. The lowest BCUT2D eigenvalue weighted by atomic mass is 10.0. The largest absolute Gasteiger partial charge is 0.299 e. The van der Waals surface area contributed by atoms with Crippen molar-refractivity contribution in [3.05, 3.63) is 50.8 Å². The average molecular weight is 357 g/mol. The van der Waals surface area contributed by atoms with E-state index in [1.807, 2.05) is 13.8 Å². The van der Waals surface area contributed by atoms with Crippen LogP contribution in [-0.2, 0) is 24.7 Å². The third-order valence-electron chi connectivity index (χ3n) is 3.55. The number of hydrogen-bond acceptors (Lipinski definition) is 2. The van der Waals surface area contributed by atoms with Crippen LogP contribution in [0.3, 0.4) is 0 Å². The van der Waals surface area contributed by atoms with Crippen molar-refractivity contribution in [3.8, 4) is 0 Å². The van der Waals surface area contributed by atoms with Crippen molar-refractivity contribution < 1.29 is 13.6 Å². The fourth-order valence-corrected chi connectivity index (χ4v) is 2.63. The fourth-order valence-electron chi connectivity index (χ4n) is 2.26. The molecule has 112 valence electrons. The first-order valence-corrected chi connectivity index (χ1v) is 7.23. The molecule has 0 amide bonds. The topological polar surface area (TPSA) is 34.9 Å². The van der Waals surface area contributed by atoms with Crippen molar-refractivity contribution in [2.45, 2.75) is 26.7 Å². The summed E-state index contributed by atoms with van der Waals surface area (Å²) in [5, 5.41) is 4.23. The Kier molecular flexibility index (Phi) is 4.56. The Balaban J connectivity index is 2.22. The first-order chi connectivity index (χ1) is 9.81. The van der Waals surface area contributed by atoms with Crippen molar-refractivity contribution in [1.82, 2.24) is 9.78 Å². The first-order valence-electron chi connectivity index (χ1n) is 6.44. The molecule has 0 spiro atoms. The molecular weight excluding hydrogens is 342 g/mol. The van der Waals surface area contributed by atoms with Gasteiger partial charge in [-0.2, -0.15) is 5.10 Å². The van der Waals surface area contributed by atoms with Gasteiger partial charge in [0, 0.05) is 36.7 Å². The monoisotopic (exact) mass is 356 g/mol. The number of rotatable bonds is 4. The van der Waals surface area contributed by atoms with Gasteiger partial charge in [0.25, 0.3) is 0 Å². The molecule has 2 rings (SSSR count). The summed E-state index contributed by atoms with van der Waals surface area (Å²) >= 11 is 3.00. The van der Waals surface area contributed by atoms with Gasteiger partial charge in [-0.25, -0.2) is 8.78 Å². The highest BCUT2D eigenvalue weighted by Gasteiger charge is 2.18. The zero-order valence-electron chi connectivity index (χ0n) is 12.0. The Morgan fingerprint density at radius 2 is 1.86 bits per heavy atom. The molecule has 3 nitrogen and oxygen atoms in total. The smallest absolute Gasteiger partial charge is 0.143 e. The highest BCUT2D eigenvalue weighted by Crippen LogP contribution is 2.23. The molecule has 0 saturated carbocycles. The minimum Gasteiger partial charge on any atom is -0.299 e. The molecule has 0 unspecified atom stereocenters. The molecule has 0 aliphatic heterocycles. The molecule has 0 radical (unpaired) electrons. The Morgan fingerprint density at radius 1 is 1.24 bits per heavy atom. The van der Waals surface area contributed by atoms with Crippen LogP contribution in [0.4, 0.5) is 8.78 Å². The summed E-state index contributed by atoms with van der Waals surface area (Å²) in [5.74, 6) is -1.67. The van der Waals surface area contributed by atoms with Gasteiger partial charge in [0.15, 0.2) is 0 Å². The van der Waals surface area contributed by atoms with Crippen LogP contribution >= 0.6 is 15.9 Å². The van der Waals surface area contributed by atoms with E-state index in [2.05, 4.69) is 21.0 Å². The summed E-state index contributed by atoms with van der Waals surface area (Å²) in [4.78, 5) is 12.1. The van der Waals surface area contributed by atoms with E-state index < -0.39 is 11.6 Å². The lowest BCUT2D eigenvalue weighted by molar-refractivity contribution is -0.117. The number of ketones is 1. The van der Waals surface area contributed by atoms with Crippen LogP contribution < -0.4 is 0 Å². The van der Waals surface area contributed by atoms with Crippen LogP contribution in [0.2, 0.25) is 0 Å². The SMILES string of the molecule is Cc1nn(C)c(C)c1CC(=O)Cc1c(F)ccc(Br)c1F. The Hall–Kier alpha value is -1.56. The number of carbonyl (C=O) groups excluding carboxylic acids is 1. The number of halogens is 3. The van der Waals surface area contributed by atoms with E-state index in [4.69, 9.17) is 0 Å². The second kappa shape index (κ2) is 6.05. The second-order valence-electron chi connectivity index (χ2n) is 4.99. The lowest BCUT2D eigenvalue weighted by Crippen LogP contribution is -2.11. The first kappa shape index (κ1) is 15.8. The molecule has 1 aromatic carbocycles. The Morgan fingerprint density at radius 3 is 2.43 bits per heavy atom. The number of Topliss-reactive ketones (excluding diaryl/α,β-unsaturated/α-hetero) is 1.